The minimum absolute atomic E-state index is 0.0316. The van der Waals surface area contributed by atoms with E-state index in [0.717, 1.165) is 28.8 Å². The van der Waals surface area contributed by atoms with E-state index in [1.807, 2.05) is 62.4 Å². The van der Waals surface area contributed by atoms with Gasteiger partial charge < -0.3 is 14.8 Å². The van der Waals surface area contributed by atoms with Gasteiger partial charge in [0.05, 0.1) is 19.9 Å². The lowest BCUT2D eigenvalue weighted by Gasteiger charge is -2.11. The zero-order valence-corrected chi connectivity index (χ0v) is 18.5. The number of anilines is 1. The highest BCUT2D eigenvalue weighted by molar-refractivity contribution is 5.83. The van der Waals surface area contributed by atoms with Crippen LogP contribution in [0.25, 0.3) is 11.3 Å². The number of nitrogens with one attached hydrogen (secondary N) is 1. The molecule has 0 saturated carbocycles. The van der Waals surface area contributed by atoms with Gasteiger partial charge in [-0.2, -0.15) is 0 Å². The number of carbonyl (C=O) groups is 1. The molecule has 3 rings (SSSR count). The van der Waals surface area contributed by atoms with E-state index < -0.39 is 0 Å². The van der Waals surface area contributed by atoms with Crippen LogP contribution in [-0.2, 0) is 17.6 Å². The molecule has 0 unspecified atom stereocenters. The monoisotopic (exact) mass is 419 g/mol. The quantitative estimate of drug-likeness (QED) is 0.518. The van der Waals surface area contributed by atoms with Gasteiger partial charge in [-0.05, 0) is 41.8 Å². The predicted molar refractivity (Wildman–Crippen MR) is 123 cm³/mol. The number of hydrogen-bond acceptors (Lipinski definition) is 6. The first-order valence-corrected chi connectivity index (χ1v) is 10.4. The number of ether oxygens (including phenoxy) is 2. The Balaban J connectivity index is 1.65. The number of nitrogens with zero attached hydrogens (tertiary/aromatic N) is 2. The molecular weight excluding hydrogens is 390 g/mol. The van der Waals surface area contributed by atoms with Crippen molar-refractivity contribution in [3.63, 3.8) is 0 Å². The number of ketones is 1. The molecule has 1 heterocycles. The van der Waals surface area contributed by atoms with Gasteiger partial charge in [-0.25, -0.2) is 9.97 Å². The van der Waals surface area contributed by atoms with Crippen molar-refractivity contribution in [1.29, 1.82) is 0 Å². The van der Waals surface area contributed by atoms with E-state index >= 15 is 0 Å². The Morgan fingerprint density at radius 1 is 1.00 bits per heavy atom. The van der Waals surface area contributed by atoms with Crippen molar-refractivity contribution in [2.45, 2.75) is 26.7 Å². The van der Waals surface area contributed by atoms with Gasteiger partial charge in [0.25, 0.3) is 0 Å². The van der Waals surface area contributed by atoms with E-state index in [-0.39, 0.29) is 11.7 Å². The fourth-order valence-electron chi connectivity index (χ4n) is 3.21. The summed E-state index contributed by atoms with van der Waals surface area (Å²) >= 11 is 0. The van der Waals surface area contributed by atoms with Gasteiger partial charge in [0.2, 0.25) is 5.95 Å². The van der Waals surface area contributed by atoms with Crippen molar-refractivity contribution < 1.29 is 14.3 Å². The molecule has 0 atom stereocenters. The molecule has 1 aromatic heterocycles. The molecule has 2 aromatic carbocycles. The summed E-state index contributed by atoms with van der Waals surface area (Å²) < 4.78 is 10.6. The SMILES string of the molecule is COc1ccc(CCNc2nccc(-c3cccc(CC(=O)C(C)C)c3)n2)cc1OC. The van der Waals surface area contributed by atoms with Gasteiger partial charge in [0.1, 0.15) is 5.78 Å². The third kappa shape index (κ3) is 6.04. The van der Waals surface area contributed by atoms with E-state index in [0.29, 0.717) is 30.4 Å². The lowest BCUT2D eigenvalue weighted by molar-refractivity contribution is -0.121. The van der Waals surface area contributed by atoms with Crippen LogP contribution in [0.4, 0.5) is 5.95 Å². The topological polar surface area (TPSA) is 73.3 Å². The molecule has 31 heavy (non-hydrogen) atoms. The second-order valence-electron chi connectivity index (χ2n) is 7.63. The first kappa shape index (κ1) is 22.3. The normalized spacial score (nSPS) is 10.7. The standard InChI is InChI=1S/C25H29N3O3/c1-17(2)22(29)15-19-6-5-7-20(14-19)21-11-13-27-25(28-21)26-12-10-18-8-9-23(30-3)24(16-18)31-4/h5-9,11,13-14,16-17H,10,12,15H2,1-4H3,(H,26,27,28). The van der Waals surface area contributed by atoms with Crippen LogP contribution in [0.5, 0.6) is 11.5 Å². The van der Waals surface area contributed by atoms with Crippen LogP contribution >= 0.6 is 0 Å². The molecule has 0 bridgehead atoms. The Morgan fingerprint density at radius 3 is 2.55 bits per heavy atom. The average Bonchev–Trinajstić information content (AvgIpc) is 2.79. The van der Waals surface area contributed by atoms with Gasteiger partial charge in [-0.1, -0.05) is 38.1 Å². The molecule has 0 aliphatic rings. The molecule has 0 amide bonds. The summed E-state index contributed by atoms with van der Waals surface area (Å²) in [6.45, 7) is 4.54. The highest BCUT2D eigenvalue weighted by Crippen LogP contribution is 2.27. The van der Waals surface area contributed by atoms with E-state index in [2.05, 4.69) is 15.3 Å². The molecule has 162 valence electrons. The Labute approximate surface area is 183 Å². The fraction of sp³-hybridized carbons (Fsp3) is 0.320. The first-order chi connectivity index (χ1) is 15.0. The van der Waals surface area contributed by atoms with Crippen LogP contribution in [0.1, 0.15) is 25.0 Å². The molecule has 0 spiro atoms. The number of benzene rings is 2. The second kappa shape index (κ2) is 10.6. The molecule has 0 aliphatic carbocycles. The number of methoxy groups -OCH3 is 2. The van der Waals surface area contributed by atoms with Gasteiger partial charge in [-0.3, -0.25) is 4.79 Å². The molecular formula is C25H29N3O3. The highest BCUT2D eigenvalue weighted by Gasteiger charge is 2.10. The Hall–Kier alpha value is -3.41. The summed E-state index contributed by atoms with van der Waals surface area (Å²) in [4.78, 5) is 21.0. The van der Waals surface area contributed by atoms with Gasteiger partial charge in [0, 0.05) is 30.6 Å². The van der Waals surface area contributed by atoms with Gasteiger partial charge in [-0.15, -0.1) is 0 Å². The maximum absolute atomic E-state index is 12.1. The van der Waals surface area contributed by atoms with E-state index in [4.69, 9.17) is 9.47 Å². The minimum atomic E-state index is 0.0316. The number of aromatic nitrogens is 2. The first-order valence-electron chi connectivity index (χ1n) is 10.4. The molecule has 0 radical (unpaired) electrons. The molecule has 6 heteroatoms. The van der Waals surface area contributed by atoms with E-state index in [1.165, 1.54) is 0 Å². The third-order valence-corrected chi connectivity index (χ3v) is 5.05. The van der Waals surface area contributed by atoms with Crippen molar-refractivity contribution in [1.82, 2.24) is 9.97 Å². The van der Waals surface area contributed by atoms with Gasteiger partial charge in [0.15, 0.2) is 11.5 Å². The number of rotatable bonds is 10. The Morgan fingerprint density at radius 2 is 1.81 bits per heavy atom. The van der Waals surface area contributed by atoms with Crippen molar-refractivity contribution in [2.24, 2.45) is 5.92 Å². The summed E-state index contributed by atoms with van der Waals surface area (Å²) in [6, 6.07) is 15.7. The molecule has 0 fully saturated rings. The van der Waals surface area contributed by atoms with Crippen LogP contribution in [0, 0.1) is 5.92 Å². The van der Waals surface area contributed by atoms with Crippen LogP contribution < -0.4 is 14.8 Å². The van der Waals surface area contributed by atoms with Crippen molar-refractivity contribution in [2.75, 3.05) is 26.1 Å². The maximum Gasteiger partial charge on any atom is 0.223 e. The lowest BCUT2D eigenvalue weighted by Crippen LogP contribution is -2.10. The Bertz CT molecular complexity index is 1030. The molecule has 3 aromatic rings. The molecule has 0 aliphatic heterocycles. The average molecular weight is 420 g/mol. The summed E-state index contributed by atoms with van der Waals surface area (Å²) in [6.07, 6.45) is 2.97. The zero-order chi connectivity index (χ0) is 22.2. The Kier molecular flexibility index (Phi) is 7.60. The van der Waals surface area contributed by atoms with E-state index in [9.17, 15) is 4.79 Å². The maximum atomic E-state index is 12.1. The number of carbonyl (C=O) groups excluding carboxylic acids is 1. The predicted octanol–water partition coefficient (Wildman–Crippen LogP) is 4.58. The van der Waals surface area contributed by atoms with Crippen LogP contribution in [0.15, 0.2) is 54.7 Å². The summed E-state index contributed by atoms with van der Waals surface area (Å²) in [5, 5.41) is 3.28. The number of hydrogen-bond donors (Lipinski definition) is 1. The summed E-state index contributed by atoms with van der Waals surface area (Å²) in [5.41, 5.74) is 3.92. The van der Waals surface area contributed by atoms with Gasteiger partial charge >= 0.3 is 0 Å². The second-order valence-corrected chi connectivity index (χ2v) is 7.63. The van der Waals surface area contributed by atoms with Crippen molar-refractivity contribution >= 4 is 11.7 Å². The largest absolute Gasteiger partial charge is 0.493 e. The molecule has 6 nitrogen and oxygen atoms in total. The lowest BCUT2D eigenvalue weighted by atomic mass is 9.99. The van der Waals surface area contributed by atoms with E-state index in [1.54, 1.807) is 20.4 Å². The van der Waals surface area contributed by atoms with Crippen LogP contribution in [0.2, 0.25) is 0 Å². The van der Waals surface area contributed by atoms with Crippen LogP contribution in [0.3, 0.4) is 0 Å². The smallest absolute Gasteiger partial charge is 0.223 e. The summed E-state index contributed by atoms with van der Waals surface area (Å²) in [5.74, 6) is 2.27. The molecule has 0 saturated heterocycles. The third-order valence-electron chi connectivity index (χ3n) is 5.05. The summed E-state index contributed by atoms with van der Waals surface area (Å²) in [7, 11) is 3.26. The minimum Gasteiger partial charge on any atom is -0.493 e. The number of Topliss-reactive ketones (excluding diaryl/α,β-unsaturated/α-hetero) is 1. The van der Waals surface area contributed by atoms with Crippen LogP contribution in [-0.4, -0.2) is 36.5 Å². The zero-order valence-electron chi connectivity index (χ0n) is 18.5. The van der Waals surface area contributed by atoms with Crippen molar-refractivity contribution in [3.05, 3.63) is 65.9 Å². The highest BCUT2D eigenvalue weighted by atomic mass is 16.5. The fourth-order valence-corrected chi connectivity index (χ4v) is 3.21. The molecule has 1 N–H and O–H groups in total. The van der Waals surface area contributed by atoms with Crippen molar-refractivity contribution in [3.8, 4) is 22.8 Å².